The summed E-state index contributed by atoms with van der Waals surface area (Å²) < 4.78 is 0. The minimum atomic E-state index is -0.676. The van der Waals surface area contributed by atoms with Gasteiger partial charge >= 0.3 is 0 Å². The summed E-state index contributed by atoms with van der Waals surface area (Å²) in [6.45, 7) is 2.59. The van der Waals surface area contributed by atoms with Gasteiger partial charge in [0.2, 0.25) is 5.91 Å². The molecule has 1 aliphatic carbocycles. The molecule has 0 aromatic carbocycles. The third-order valence-corrected chi connectivity index (χ3v) is 5.69. The van der Waals surface area contributed by atoms with Crippen LogP contribution in [-0.4, -0.2) is 53.3 Å². The Balaban J connectivity index is 0.00000208. The predicted octanol–water partition coefficient (Wildman–Crippen LogP) is 2.51. The summed E-state index contributed by atoms with van der Waals surface area (Å²) in [6.07, 6.45) is 5.66. The van der Waals surface area contributed by atoms with Gasteiger partial charge in [0.15, 0.2) is 0 Å². The highest BCUT2D eigenvalue weighted by Gasteiger charge is 2.38. The Hall–Kier alpha value is -1.11. The van der Waals surface area contributed by atoms with Crippen LogP contribution in [-0.2, 0) is 4.79 Å². The molecule has 0 unspecified atom stereocenters. The quantitative estimate of drug-likeness (QED) is 0.868. The molecule has 0 atom stereocenters. The van der Waals surface area contributed by atoms with E-state index in [2.05, 4.69) is 0 Å². The molecule has 1 aromatic rings. The highest BCUT2D eigenvalue weighted by Crippen LogP contribution is 2.28. The Morgan fingerprint density at radius 1 is 1.00 bits per heavy atom. The fourth-order valence-corrected chi connectivity index (χ4v) is 4.23. The number of hydrogen-bond acceptors (Lipinski definition) is 4. The van der Waals surface area contributed by atoms with Crippen molar-refractivity contribution >= 4 is 35.6 Å². The lowest BCUT2D eigenvalue weighted by Gasteiger charge is -2.36. The van der Waals surface area contributed by atoms with Crippen LogP contribution < -0.4 is 5.73 Å². The molecule has 1 saturated carbocycles. The van der Waals surface area contributed by atoms with E-state index < -0.39 is 5.54 Å². The number of halogens is 1. The van der Waals surface area contributed by atoms with E-state index in [1.165, 1.54) is 17.8 Å². The van der Waals surface area contributed by atoms with Crippen LogP contribution in [0, 0.1) is 0 Å². The third-order valence-electron chi connectivity index (χ3n) is 5.01. The van der Waals surface area contributed by atoms with Gasteiger partial charge in [-0.05, 0) is 30.7 Å². The average molecular weight is 372 g/mol. The molecule has 1 aromatic heterocycles. The van der Waals surface area contributed by atoms with Gasteiger partial charge < -0.3 is 15.5 Å². The van der Waals surface area contributed by atoms with Crippen LogP contribution in [0.25, 0.3) is 0 Å². The topological polar surface area (TPSA) is 66.6 Å². The lowest BCUT2D eigenvalue weighted by atomic mass is 9.81. The van der Waals surface area contributed by atoms with Crippen molar-refractivity contribution in [3.8, 4) is 0 Å². The number of nitrogens with two attached hydrogens (primary N) is 1. The van der Waals surface area contributed by atoms with Crippen molar-refractivity contribution in [1.29, 1.82) is 0 Å². The Morgan fingerprint density at radius 2 is 1.67 bits per heavy atom. The van der Waals surface area contributed by atoms with E-state index in [1.807, 2.05) is 26.6 Å². The molecule has 24 heavy (non-hydrogen) atoms. The molecular weight excluding hydrogens is 346 g/mol. The molecule has 5 nitrogen and oxygen atoms in total. The Labute approximate surface area is 153 Å². The second kappa shape index (κ2) is 8.32. The number of amides is 2. The van der Waals surface area contributed by atoms with Crippen molar-refractivity contribution < 1.29 is 9.59 Å². The van der Waals surface area contributed by atoms with Gasteiger partial charge in [-0.2, -0.15) is 11.3 Å². The molecule has 7 heteroatoms. The first kappa shape index (κ1) is 19.2. The second-order valence-corrected chi connectivity index (χ2v) is 7.45. The number of thiophene rings is 1. The summed E-state index contributed by atoms with van der Waals surface area (Å²) in [6, 6.07) is 1.86. The molecule has 3 rings (SSSR count). The standard InChI is InChI=1S/C17H25N3O2S.ClH/c18-17(6-2-1-3-7-17)16(22)20-9-4-8-19(10-11-20)15(21)14-5-12-23-13-14;/h5,12-13H,1-4,6-11,18H2;1H. The highest BCUT2D eigenvalue weighted by molar-refractivity contribution is 7.08. The van der Waals surface area contributed by atoms with Gasteiger partial charge in [-0.3, -0.25) is 9.59 Å². The lowest BCUT2D eigenvalue weighted by Crippen LogP contribution is -2.56. The number of nitrogens with zero attached hydrogens (tertiary/aromatic N) is 2. The Morgan fingerprint density at radius 3 is 2.33 bits per heavy atom. The zero-order chi connectivity index (χ0) is 16.3. The zero-order valence-corrected chi connectivity index (χ0v) is 15.5. The van der Waals surface area contributed by atoms with E-state index in [4.69, 9.17) is 5.73 Å². The van der Waals surface area contributed by atoms with Gasteiger partial charge in [-0.25, -0.2) is 0 Å². The van der Waals surface area contributed by atoms with E-state index in [0.29, 0.717) is 26.2 Å². The second-order valence-electron chi connectivity index (χ2n) is 6.67. The van der Waals surface area contributed by atoms with Gasteiger partial charge in [-0.1, -0.05) is 19.3 Å². The van der Waals surface area contributed by atoms with Crippen LogP contribution in [0.2, 0.25) is 0 Å². The van der Waals surface area contributed by atoms with Crippen molar-refractivity contribution in [2.45, 2.75) is 44.1 Å². The number of carbonyl (C=O) groups is 2. The Bertz CT molecular complexity index is 558. The smallest absolute Gasteiger partial charge is 0.254 e. The summed E-state index contributed by atoms with van der Waals surface area (Å²) >= 11 is 1.53. The first-order chi connectivity index (χ1) is 11.1. The van der Waals surface area contributed by atoms with Crippen LogP contribution >= 0.6 is 23.7 Å². The van der Waals surface area contributed by atoms with E-state index >= 15 is 0 Å². The molecule has 1 aliphatic heterocycles. The molecule has 0 bridgehead atoms. The highest BCUT2D eigenvalue weighted by atomic mass is 35.5. The SMILES string of the molecule is Cl.NC1(C(=O)N2CCCN(C(=O)c3ccsc3)CC2)CCCCC1. The maximum absolute atomic E-state index is 12.8. The predicted molar refractivity (Wildman–Crippen MR) is 98.7 cm³/mol. The van der Waals surface area contributed by atoms with E-state index in [9.17, 15) is 9.59 Å². The fourth-order valence-electron chi connectivity index (χ4n) is 3.60. The molecule has 2 amide bonds. The molecule has 134 valence electrons. The van der Waals surface area contributed by atoms with Gasteiger partial charge in [0.05, 0.1) is 11.1 Å². The van der Waals surface area contributed by atoms with Crippen molar-refractivity contribution in [2.24, 2.45) is 5.73 Å². The van der Waals surface area contributed by atoms with Crippen LogP contribution in [0.3, 0.4) is 0 Å². The molecule has 0 spiro atoms. The normalized spacial score (nSPS) is 20.9. The van der Waals surface area contributed by atoms with E-state index in [-0.39, 0.29) is 24.2 Å². The summed E-state index contributed by atoms with van der Waals surface area (Å²) in [5.41, 5.74) is 6.46. The largest absolute Gasteiger partial charge is 0.339 e. The van der Waals surface area contributed by atoms with Crippen LogP contribution in [0.5, 0.6) is 0 Å². The van der Waals surface area contributed by atoms with Crippen molar-refractivity contribution in [1.82, 2.24) is 9.80 Å². The molecular formula is C17H26ClN3O2S. The Kier molecular flexibility index (Phi) is 6.66. The average Bonchev–Trinajstić information content (AvgIpc) is 2.99. The molecule has 1 saturated heterocycles. The lowest BCUT2D eigenvalue weighted by molar-refractivity contribution is -0.138. The molecule has 2 N–H and O–H groups in total. The van der Waals surface area contributed by atoms with Crippen LogP contribution in [0.15, 0.2) is 16.8 Å². The molecule has 2 heterocycles. The monoisotopic (exact) mass is 371 g/mol. The number of hydrogen-bond donors (Lipinski definition) is 1. The van der Waals surface area contributed by atoms with Crippen LogP contribution in [0.4, 0.5) is 0 Å². The van der Waals surface area contributed by atoms with Crippen molar-refractivity contribution in [3.05, 3.63) is 22.4 Å². The first-order valence-electron chi connectivity index (χ1n) is 8.50. The molecule has 2 fully saturated rings. The van der Waals surface area contributed by atoms with Crippen LogP contribution in [0.1, 0.15) is 48.9 Å². The summed E-state index contributed by atoms with van der Waals surface area (Å²) in [4.78, 5) is 29.0. The zero-order valence-electron chi connectivity index (χ0n) is 13.9. The maximum atomic E-state index is 12.8. The minimum absolute atomic E-state index is 0. The van der Waals surface area contributed by atoms with E-state index in [1.54, 1.807) is 0 Å². The van der Waals surface area contributed by atoms with Gasteiger partial charge in [-0.15, -0.1) is 12.4 Å². The molecule has 2 aliphatic rings. The number of carbonyl (C=O) groups excluding carboxylic acids is 2. The summed E-state index contributed by atoms with van der Waals surface area (Å²) in [7, 11) is 0. The number of rotatable bonds is 2. The van der Waals surface area contributed by atoms with Gasteiger partial charge in [0.25, 0.3) is 5.91 Å². The maximum Gasteiger partial charge on any atom is 0.254 e. The van der Waals surface area contributed by atoms with Crippen molar-refractivity contribution in [3.63, 3.8) is 0 Å². The molecule has 0 radical (unpaired) electrons. The summed E-state index contributed by atoms with van der Waals surface area (Å²) in [5.74, 6) is 0.155. The third kappa shape index (κ3) is 4.10. The fraction of sp³-hybridized carbons (Fsp3) is 0.647. The van der Waals surface area contributed by atoms with Crippen molar-refractivity contribution in [2.75, 3.05) is 26.2 Å². The minimum Gasteiger partial charge on any atom is -0.339 e. The summed E-state index contributed by atoms with van der Waals surface area (Å²) in [5, 5.41) is 3.80. The van der Waals surface area contributed by atoms with E-state index in [0.717, 1.165) is 37.7 Å². The van der Waals surface area contributed by atoms with Gasteiger partial charge in [0.1, 0.15) is 0 Å². The first-order valence-corrected chi connectivity index (χ1v) is 9.44. The van der Waals surface area contributed by atoms with Gasteiger partial charge in [0, 0.05) is 31.6 Å².